The fourth-order valence-electron chi connectivity index (χ4n) is 2.83. The molecule has 0 amide bonds. The average Bonchev–Trinajstić information content (AvgIpc) is 2.36. The van der Waals surface area contributed by atoms with Crippen LogP contribution in [-0.2, 0) is 0 Å². The van der Waals surface area contributed by atoms with Crippen LogP contribution in [0, 0.1) is 34.6 Å². The Labute approximate surface area is 105 Å². The van der Waals surface area contributed by atoms with Gasteiger partial charge in [-0.2, -0.15) is 0 Å². The number of hydrogen-bond donors (Lipinski definition) is 1. The van der Waals surface area contributed by atoms with E-state index in [9.17, 15) is 0 Å². The van der Waals surface area contributed by atoms with E-state index < -0.39 is 0 Å². The van der Waals surface area contributed by atoms with Gasteiger partial charge in [0, 0.05) is 6.54 Å². The van der Waals surface area contributed by atoms with E-state index in [-0.39, 0.29) is 0 Å². The van der Waals surface area contributed by atoms with Crippen LogP contribution in [0.1, 0.15) is 39.8 Å². The van der Waals surface area contributed by atoms with Crippen LogP contribution in [-0.4, -0.2) is 13.1 Å². The zero-order valence-corrected chi connectivity index (χ0v) is 11.7. The van der Waals surface area contributed by atoms with Crippen molar-refractivity contribution in [3.05, 3.63) is 39.5 Å². The largest absolute Gasteiger partial charge is 0.313 e. The molecule has 0 spiro atoms. The SMILES string of the molecule is Cc1c(C)c(C)c(C2=CCNCC2)c(C)c1C. The van der Waals surface area contributed by atoms with Crippen molar-refractivity contribution in [2.75, 3.05) is 13.1 Å². The van der Waals surface area contributed by atoms with E-state index in [1.54, 1.807) is 0 Å². The summed E-state index contributed by atoms with van der Waals surface area (Å²) in [4.78, 5) is 0. The van der Waals surface area contributed by atoms with E-state index >= 15 is 0 Å². The molecule has 1 aliphatic rings. The van der Waals surface area contributed by atoms with Gasteiger partial charge in [0.1, 0.15) is 0 Å². The number of rotatable bonds is 1. The molecule has 1 aromatic carbocycles. The van der Waals surface area contributed by atoms with E-state index in [0.717, 1.165) is 19.5 Å². The van der Waals surface area contributed by atoms with E-state index in [1.165, 1.54) is 39.0 Å². The molecule has 1 heteroatoms. The molecule has 2 rings (SSSR count). The molecule has 0 fully saturated rings. The van der Waals surface area contributed by atoms with Crippen LogP contribution in [0.4, 0.5) is 0 Å². The van der Waals surface area contributed by atoms with E-state index in [1.807, 2.05) is 0 Å². The van der Waals surface area contributed by atoms with Crippen LogP contribution >= 0.6 is 0 Å². The third kappa shape index (κ3) is 2.04. The minimum atomic E-state index is 1.01. The van der Waals surface area contributed by atoms with Crippen molar-refractivity contribution in [3.63, 3.8) is 0 Å². The van der Waals surface area contributed by atoms with Crippen molar-refractivity contribution in [2.24, 2.45) is 0 Å². The van der Waals surface area contributed by atoms with Crippen LogP contribution < -0.4 is 5.32 Å². The first-order valence-corrected chi connectivity index (χ1v) is 6.51. The molecule has 0 radical (unpaired) electrons. The highest BCUT2D eigenvalue weighted by atomic mass is 14.8. The van der Waals surface area contributed by atoms with Gasteiger partial charge in [0.15, 0.2) is 0 Å². The second-order valence-electron chi connectivity index (χ2n) is 5.18. The first kappa shape index (κ1) is 12.4. The molecule has 1 aliphatic heterocycles. The predicted octanol–water partition coefficient (Wildman–Crippen LogP) is 3.61. The minimum Gasteiger partial charge on any atom is -0.313 e. The molecule has 0 saturated heterocycles. The smallest absolute Gasteiger partial charge is 0.0140 e. The Morgan fingerprint density at radius 2 is 1.35 bits per heavy atom. The molecule has 1 aromatic rings. The second kappa shape index (κ2) is 4.66. The minimum absolute atomic E-state index is 1.01. The monoisotopic (exact) mass is 229 g/mol. The Morgan fingerprint density at radius 3 is 1.82 bits per heavy atom. The molecule has 17 heavy (non-hydrogen) atoms. The van der Waals surface area contributed by atoms with Gasteiger partial charge < -0.3 is 5.32 Å². The van der Waals surface area contributed by atoms with Gasteiger partial charge in [-0.1, -0.05) is 6.08 Å². The van der Waals surface area contributed by atoms with Crippen LogP contribution in [0.15, 0.2) is 6.08 Å². The first-order valence-electron chi connectivity index (χ1n) is 6.51. The number of hydrogen-bond acceptors (Lipinski definition) is 1. The highest BCUT2D eigenvalue weighted by molar-refractivity contribution is 5.74. The highest BCUT2D eigenvalue weighted by Gasteiger charge is 2.16. The molecule has 1 heterocycles. The average molecular weight is 229 g/mol. The van der Waals surface area contributed by atoms with Gasteiger partial charge in [0.25, 0.3) is 0 Å². The van der Waals surface area contributed by atoms with Crippen molar-refractivity contribution in [1.82, 2.24) is 5.32 Å². The van der Waals surface area contributed by atoms with E-state index in [2.05, 4.69) is 46.0 Å². The Hall–Kier alpha value is -1.08. The van der Waals surface area contributed by atoms with Crippen LogP contribution in [0.25, 0.3) is 5.57 Å². The lowest BCUT2D eigenvalue weighted by Gasteiger charge is -2.23. The molecule has 0 atom stereocenters. The Balaban J connectivity index is 2.65. The normalized spacial score (nSPS) is 15.9. The highest BCUT2D eigenvalue weighted by Crippen LogP contribution is 2.32. The summed E-state index contributed by atoms with van der Waals surface area (Å²) in [6, 6.07) is 0. The van der Waals surface area contributed by atoms with Crippen LogP contribution in [0.5, 0.6) is 0 Å². The van der Waals surface area contributed by atoms with Gasteiger partial charge in [0.05, 0.1) is 0 Å². The number of benzene rings is 1. The molecule has 1 nitrogen and oxygen atoms in total. The summed E-state index contributed by atoms with van der Waals surface area (Å²) in [5.74, 6) is 0. The van der Waals surface area contributed by atoms with E-state index in [4.69, 9.17) is 0 Å². The molecule has 1 N–H and O–H groups in total. The zero-order valence-electron chi connectivity index (χ0n) is 11.7. The van der Waals surface area contributed by atoms with Gasteiger partial charge in [0.2, 0.25) is 0 Å². The topological polar surface area (TPSA) is 12.0 Å². The summed E-state index contributed by atoms with van der Waals surface area (Å²) < 4.78 is 0. The Kier molecular flexibility index (Phi) is 3.39. The Bertz CT molecular complexity index is 452. The van der Waals surface area contributed by atoms with E-state index in [0.29, 0.717) is 0 Å². The van der Waals surface area contributed by atoms with Crippen LogP contribution in [0.3, 0.4) is 0 Å². The molecular formula is C16H23N. The van der Waals surface area contributed by atoms with Gasteiger partial charge >= 0.3 is 0 Å². The zero-order chi connectivity index (χ0) is 12.6. The van der Waals surface area contributed by atoms with Crippen molar-refractivity contribution < 1.29 is 0 Å². The standard InChI is InChI=1S/C16H23N/c1-10-11(2)13(4)16(14(5)12(10)3)15-6-8-17-9-7-15/h6,17H,7-9H2,1-5H3. The summed E-state index contributed by atoms with van der Waals surface area (Å²) in [6.07, 6.45) is 3.51. The van der Waals surface area contributed by atoms with Crippen LogP contribution in [0.2, 0.25) is 0 Å². The quantitative estimate of drug-likeness (QED) is 0.776. The fourth-order valence-corrected chi connectivity index (χ4v) is 2.83. The lowest BCUT2D eigenvalue weighted by atomic mass is 9.84. The first-order chi connectivity index (χ1) is 8.04. The summed E-state index contributed by atoms with van der Waals surface area (Å²) in [5.41, 5.74) is 10.4. The molecular weight excluding hydrogens is 206 g/mol. The maximum atomic E-state index is 3.39. The third-order valence-electron chi connectivity index (χ3n) is 4.39. The lowest BCUT2D eigenvalue weighted by molar-refractivity contribution is 0.737. The van der Waals surface area contributed by atoms with Crippen molar-refractivity contribution in [1.29, 1.82) is 0 Å². The van der Waals surface area contributed by atoms with Crippen molar-refractivity contribution >= 4 is 5.57 Å². The molecule has 0 bridgehead atoms. The second-order valence-corrected chi connectivity index (χ2v) is 5.18. The maximum absolute atomic E-state index is 3.39. The fraction of sp³-hybridized carbons (Fsp3) is 0.500. The Morgan fingerprint density at radius 1 is 0.824 bits per heavy atom. The van der Waals surface area contributed by atoms with Crippen molar-refractivity contribution in [3.8, 4) is 0 Å². The van der Waals surface area contributed by atoms with Gasteiger partial charge in [-0.05, 0) is 86.5 Å². The molecule has 0 aliphatic carbocycles. The molecule has 92 valence electrons. The van der Waals surface area contributed by atoms with Crippen molar-refractivity contribution in [2.45, 2.75) is 41.0 Å². The lowest BCUT2D eigenvalue weighted by Crippen LogP contribution is -2.20. The van der Waals surface area contributed by atoms with Gasteiger partial charge in [-0.3, -0.25) is 0 Å². The predicted molar refractivity (Wildman–Crippen MR) is 75.6 cm³/mol. The number of nitrogens with one attached hydrogen (secondary N) is 1. The summed E-state index contributed by atoms with van der Waals surface area (Å²) in [6.45, 7) is 13.4. The van der Waals surface area contributed by atoms with Gasteiger partial charge in [-0.25, -0.2) is 0 Å². The maximum Gasteiger partial charge on any atom is 0.0140 e. The summed E-state index contributed by atoms with van der Waals surface area (Å²) in [7, 11) is 0. The third-order valence-corrected chi connectivity index (χ3v) is 4.39. The molecule has 0 aromatic heterocycles. The molecule has 0 unspecified atom stereocenters. The summed E-state index contributed by atoms with van der Waals surface area (Å²) >= 11 is 0. The molecule has 0 saturated carbocycles. The van der Waals surface area contributed by atoms with Gasteiger partial charge in [-0.15, -0.1) is 0 Å². The summed E-state index contributed by atoms with van der Waals surface area (Å²) in [5, 5.41) is 3.39.